The van der Waals surface area contributed by atoms with Crippen LogP contribution >= 0.6 is 11.3 Å². The highest BCUT2D eigenvalue weighted by molar-refractivity contribution is 7.10. The van der Waals surface area contributed by atoms with E-state index >= 15 is 0 Å². The molecule has 0 bridgehead atoms. The molecule has 0 spiro atoms. The van der Waals surface area contributed by atoms with Gasteiger partial charge in [0.1, 0.15) is 0 Å². The van der Waals surface area contributed by atoms with Crippen molar-refractivity contribution in [3.05, 3.63) is 21.9 Å². The minimum atomic E-state index is 0.0238. The summed E-state index contributed by atoms with van der Waals surface area (Å²) in [6, 6.07) is 2.22. The van der Waals surface area contributed by atoms with Gasteiger partial charge in [-0.05, 0) is 24.8 Å². The van der Waals surface area contributed by atoms with E-state index in [4.69, 9.17) is 5.73 Å². The molecule has 96 valence electrons. The zero-order valence-corrected chi connectivity index (χ0v) is 11.3. The van der Waals surface area contributed by atoms with Gasteiger partial charge in [-0.2, -0.15) is 0 Å². The molecule has 1 aromatic heterocycles. The van der Waals surface area contributed by atoms with Crippen LogP contribution in [0.2, 0.25) is 0 Å². The third-order valence-electron chi connectivity index (χ3n) is 3.07. The number of rotatable bonds is 4. The van der Waals surface area contributed by atoms with Crippen LogP contribution in [-0.4, -0.2) is 18.5 Å². The fourth-order valence-corrected chi connectivity index (χ4v) is 2.78. The van der Waals surface area contributed by atoms with Gasteiger partial charge in [-0.3, -0.25) is 4.79 Å². The van der Waals surface area contributed by atoms with E-state index in [9.17, 15) is 4.79 Å². The maximum Gasteiger partial charge on any atom is 0.252 e. The van der Waals surface area contributed by atoms with Crippen molar-refractivity contribution < 1.29 is 4.79 Å². The summed E-state index contributed by atoms with van der Waals surface area (Å²) in [5.41, 5.74) is 6.02. The molecule has 3 N–H and O–H groups in total. The molecule has 18 heavy (non-hydrogen) atoms. The Morgan fingerprint density at radius 2 is 2.50 bits per heavy atom. The van der Waals surface area contributed by atoms with Crippen LogP contribution in [0.5, 0.6) is 0 Å². The molecule has 0 saturated heterocycles. The summed E-state index contributed by atoms with van der Waals surface area (Å²) in [5, 5.41) is 4.92. The smallest absolute Gasteiger partial charge is 0.252 e. The zero-order chi connectivity index (χ0) is 13.0. The summed E-state index contributed by atoms with van der Waals surface area (Å²) in [6.45, 7) is 2.53. The van der Waals surface area contributed by atoms with E-state index in [1.807, 2.05) is 11.4 Å². The molecule has 2 atom stereocenters. The first-order chi connectivity index (χ1) is 8.74. The number of nitrogens with one attached hydrogen (secondary N) is 1. The third-order valence-corrected chi connectivity index (χ3v) is 3.92. The van der Waals surface area contributed by atoms with Crippen LogP contribution in [0.3, 0.4) is 0 Å². The third kappa shape index (κ3) is 3.34. The van der Waals surface area contributed by atoms with Crippen LogP contribution in [0.25, 0.3) is 0 Å². The minimum Gasteiger partial charge on any atom is -0.349 e. The first-order valence-corrected chi connectivity index (χ1v) is 7.21. The van der Waals surface area contributed by atoms with Crippen molar-refractivity contribution in [1.29, 1.82) is 0 Å². The minimum absolute atomic E-state index is 0.0238. The van der Waals surface area contributed by atoms with Crippen molar-refractivity contribution in [3.63, 3.8) is 0 Å². The van der Waals surface area contributed by atoms with Gasteiger partial charge in [0.25, 0.3) is 5.91 Å². The molecule has 1 aliphatic rings. The summed E-state index contributed by atoms with van der Waals surface area (Å²) < 4.78 is 0. The van der Waals surface area contributed by atoms with E-state index in [0.29, 0.717) is 24.1 Å². The van der Waals surface area contributed by atoms with Crippen molar-refractivity contribution in [2.45, 2.75) is 32.2 Å². The van der Waals surface area contributed by atoms with Crippen LogP contribution in [-0.2, 0) is 0 Å². The topological polar surface area (TPSA) is 55.1 Å². The fraction of sp³-hybridized carbons (Fsp3) is 0.500. The molecular weight excluding hydrogens is 244 g/mol. The lowest BCUT2D eigenvalue weighted by Gasteiger charge is -2.01. The molecule has 2 unspecified atom stereocenters. The average molecular weight is 262 g/mol. The van der Waals surface area contributed by atoms with Crippen molar-refractivity contribution in [2.75, 3.05) is 6.54 Å². The largest absolute Gasteiger partial charge is 0.349 e. The van der Waals surface area contributed by atoms with E-state index in [1.54, 1.807) is 0 Å². The molecule has 1 fully saturated rings. The van der Waals surface area contributed by atoms with Gasteiger partial charge in [0.05, 0.1) is 17.0 Å². The maximum absolute atomic E-state index is 12.0. The van der Waals surface area contributed by atoms with Crippen molar-refractivity contribution in [2.24, 2.45) is 11.7 Å². The Morgan fingerprint density at radius 1 is 1.67 bits per heavy atom. The second-order valence-corrected chi connectivity index (χ2v) is 5.48. The fourth-order valence-electron chi connectivity index (χ4n) is 2.02. The van der Waals surface area contributed by atoms with Gasteiger partial charge >= 0.3 is 0 Å². The Kier molecular flexibility index (Phi) is 4.40. The van der Waals surface area contributed by atoms with Gasteiger partial charge in [-0.25, -0.2) is 0 Å². The molecule has 0 radical (unpaired) electrons. The SMILES string of the molecule is CCCC1CC1NC(=O)c1csc(C#CCN)c1. The van der Waals surface area contributed by atoms with Gasteiger partial charge in [-0.1, -0.05) is 25.2 Å². The maximum atomic E-state index is 12.0. The van der Waals surface area contributed by atoms with Crippen LogP contribution in [0.1, 0.15) is 41.4 Å². The molecular formula is C14H18N2OS. The average Bonchev–Trinajstić information content (AvgIpc) is 2.92. The molecule has 1 heterocycles. The monoisotopic (exact) mass is 262 g/mol. The lowest BCUT2D eigenvalue weighted by Crippen LogP contribution is -2.26. The summed E-state index contributed by atoms with van der Waals surface area (Å²) in [5.74, 6) is 6.44. The molecule has 1 aromatic rings. The van der Waals surface area contributed by atoms with E-state index in [2.05, 4.69) is 24.1 Å². The van der Waals surface area contributed by atoms with Crippen LogP contribution in [0.15, 0.2) is 11.4 Å². The first kappa shape index (κ1) is 13.1. The second kappa shape index (κ2) is 6.03. The standard InChI is InChI=1S/C14H18N2OS/c1-2-4-10-8-13(10)16-14(17)11-7-12(18-9-11)5-3-6-15/h7,9-10,13H,2,4,6,8,15H2,1H3,(H,16,17). The molecule has 1 amide bonds. The van der Waals surface area contributed by atoms with Crippen LogP contribution < -0.4 is 11.1 Å². The van der Waals surface area contributed by atoms with E-state index in [1.165, 1.54) is 24.2 Å². The number of carbonyl (C=O) groups is 1. The predicted molar refractivity (Wildman–Crippen MR) is 74.5 cm³/mol. The Morgan fingerprint density at radius 3 is 3.22 bits per heavy atom. The van der Waals surface area contributed by atoms with Crippen molar-refractivity contribution in [3.8, 4) is 11.8 Å². The van der Waals surface area contributed by atoms with Gasteiger partial charge < -0.3 is 11.1 Å². The molecule has 1 aliphatic carbocycles. The normalized spacial score (nSPS) is 21.0. The highest BCUT2D eigenvalue weighted by Gasteiger charge is 2.37. The lowest BCUT2D eigenvalue weighted by atomic mass is 10.2. The van der Waals surface area contributed by atoms with Crippen molar-refractivity contribution >= 4 is 17.2 Å². The number of amides is 1. The van der Waals surface area contributed by atoms with E-state index < -0.39 is 0 Å². The summed E-state index contributed by atoms with van der Waals surface area (Å²) in [7, 11) is 0. The van der Waals surface area contributed by atoms with Gasteiger partial charge in [0, 0.05) is 11.4 Å². The Bertz CT molecular complexity index is 483. The van der Waals surface area contributed by atoms with Crippen molar-refractivity contribution in [1.82, 2.24) is 5.32 Å². The molecule has 2 rings (SSSR count). The predicted octanol–water partition coefficient (Wildman–Crippen LogP) is 1.98. The Hall–Kier alpha value is -1.31. The zero-order valence-electron chi connectivity index (χ0n) is 10.5. The lowest BCUT2D eigenvalue weighted by molar-refractivity contribution is 0.0949. The van der Waals surface area contributed by atoms with Gasteiger partial charge in [0.15, 0.2) is 0 Å². The highest BCUT2D eigenvalue weighted by Crippen LogP contribution is 2.34. The summed E-state index contributed by atoms with van der Waals surface area (Å²) >= 11 is 1.49. The van der Waals surface area contributed by atoms with E-state index in [0.717, 1.165) is 11.3 Å². The Labute approximate surface area is 112 Å². The summed E-state index contributed by atoms with van der Waals surface area (Å²) in [4.78, 5) is 12.8. The highest BCUT2D eigenvalue weighted by atomic mass is 32.1. The number of carbonyl (C=O) groups excluding carboxylic acids is 1. The van der Waals surface area contributed by atoms with Crippen LogP contribution in [0.4, 0.5) is 0 Å². The Balaban J connectivity index is 1.88. The van der Waals surface area contributed by atoms with E-state index in [-0.39, 0.29) is 5.91 Å². The number of thiophene rings is 1. The van der Waals surface area contributed by atoms with Crippen LogP contribution in [0, 0.1) is 17.8 Å². The molecule has 3 nitrogen and oxygen atoms in total. The molecule has 0 aliphatic heterocycles. The number of hydrogen-bond donors (Lipinski definition) is 2. The number of hydrogen-bond acceptors (Lipinski definition) is 3. The van der Waals surface area contributed by atoms with Gasteiger partial charge in [0.2, 0.25) is 0 Å². The first-order valence-electron chi connectivity index (χ1n) is 6.33. The second-order valence-electron chi connectivity index (χ2n) is 4.57. The molecule has 0 aromatic carbocycles. The molecule has 4 heteroatoms. The van der Waals surface area contributed by atoms with Gasteiger partial charge in [-0.15, -0.1) is 11.3 Å². The summed E-state index contributed by atoms with van der Waals surface area (Å²) in [6.07, 6.45) is 3.53. The quantitative estimate of drug-likeness (QED) is 0.815. The number of nitrogens with two attached hydrogens (primary N) is 1. The molecule has 1 saturated carbocycles.